The highest BCUT2D eigenvalue weighted by Crippen LogP contribution is 2.14. The number of hydrogen-bond acceptors (Lipinski definition) is 2. The molecule has 63 valence electrons. The van der Waals surface area contributed by atoms with Gasteiger partial charge in [-0.05, 0) is 5.56 Å². The van der Waals surface area contributed by atoms with Crippen LogP contribution in [0.2, 0.25) is 0 Å². The summed E-state index contributed by atoms with van der Waals surface area (Å²) >= 11 is 2.05. The largest absolute Gasteiger partial charge is 0.355 e. The Kier molecular flexibility index (Phi) is 4.24. The Bertz CT molecular complexity index is 236. The molecule has 1 unspecified atom stereocenters. The van der Waals surface area contributed by atoms with Crippen molar-refractivity contribution in [1.29, 1.82) is 0 Å². The summed E-state index contributed by atoms with van der Waals surface area (Å²) in [6.45, 7) is 0. The quantitative estimate of drug-likeness (QED) is 0.622. The van der Waals surface area contributed by atoms with Crippen molar-refractivity contribution >= 4 is 28.9 Å². The molecular weight excluding hydrogens is 267 g/mol. The van der Waals surface area contributed by atoms with Crippen LogP contribution in [0.3, 0.4) is 0 Å². The highest BCUT2D eigenvalue weighted by Gasteiger charge is 2.09. The van der Waals surface area contributed by atoms with Gasteiger partial charge in [-0.2, -0.15) is 0 Å². The van der Waals surface area contributed by atoms with Gasteiger partial charge in [0.25, 0.3) is 0 Å². The van der Waals surface area contributed by atoms with Crippen molar-refractivity contribution in [3.05, 3.63) is 35.9 Å². The predicted octanol–water partition coefficient (Wildman–Crippen LogP) is 2.25. The normalized spacial score (nSPS) is 12.4. The zero-order valence-electron chi connectivity index (χ0n) is 6.37. The van der Waals surface area contributed by atoms with E-state index in [9.17, 15) is 4.79 Å². The van der Waals surface area contributed by atoms with Gasteiger partial charge >= 0.3 is 0 Å². The Morgan fingerprint density at radius 1 is 1.42 bits per heavy atom. The summed E-state index contributed by atoms with van der Waals surface area (Å²) < 4.78 is 5.63. The van der Waals surface area contributed by atoms with E-state index in [2.05, 4.69) is 22.6 Å². The Morgan fingerprint density at radius 2 is 2.08 bits per heavy atom. The predicted molar refractivity (Wildman–Crippen MR) is 54.8 cm³/mol. The molecule has 0 aliphatic rings. The van der Waals surface area contributed by atoms with E-state index in [-0.39, 0.29) is 0 Å². The molecule has 12 heavy (non-hydrogen) atoms. The lowest BCUT2D eigenvalue weighted by atomic mass is 10.1. The van der Waals surface area contributed by atoms with Crippen LogP contribution in [0, 0.1) is 0 Å². The monoisotopic (exact) mass is 275 g/mol. The van der Waals surface area contributed by atoms with E-state index in [1.165, 1.54) is 0 Å². The molecule has 0 N–H and O–H groups in total. The zero-order chi connectivity index (χ0) is 8.81. The topological polar surface area (TPSA) is 26.3 Å². The molecule has 0 saturated carbocycles. The number of hydrogen-bond donors (Lipinski definition) is 0. The van der Waals surface area contributed by atoms with Gasteiger partial charge in [0.15, 0.2) is 0 Å². The number of benzene rings is 1. The molecule has 2 nitrogen and oxygen atoms in total. The molecule has 0 heterocycles. The zero-order valence-corrected chi connectivity index (χ0v) is 8.52. The molecule has 0 bridgehead atoms. The Hall–Kier alpha value is -0.420. The summed E-state index contributed by atoms with van der Waals surface area (Å²) in [6.07, 6.45) is 1.30. The van der Waals surface area contributed by atoms with Gasteiger partial charge in [0.1, 0.15) is 6.10 Å². The van der Waals surface area contributed by atoms with Crippen LogP contribution in [0.4, 0.5) is 0 Å². The van der Waals surface area contributed by atoms with Gasteiger partial charge in [0.2, 0.25) is 6.29 Å². The van der Waals surface area contributed by atoms with Gasteiger partial charge < -0.3 is 4.74 Å². The molecule has 0 aliphatic carbocycles. The van der Waals surface area contributed by atoms with E-state index in [0.29, 0.717) is 4.61 Å². The number of ether oxygens (including phenoxy) is 1. The highest BCUT2D eigenvalue weighted by atomic mass is 127. The van der Waals surface area contributed by atoms with Crippen molar-refractivity contribution in [2.75, 3.05) is 4.61 Å². The van der Waals surface area contributed by atoms with Gasteiger partial charge in [-0.15, -0.1) is 0 Å². The second kappa shape index (κ2) is 5.27. The summed E-state index contributed by atoms with van der Waals surface area (Å²) in [6, 6.07) is 9.34. The number of carbonyl (C=O) groups excluding carboxylic acids is 1. The molecule has 1 radical (unpaired) electrons. The van der Waals surface area contributed by atoms with E-state index in [0.717, 1.165) is 5.56 Å². The maximum absolute atomic E-state index is 10.4. The SMILES string of the molecule is O=[C]C(OCI)c1ccccc1. The first-order valence-electron chi connectivity index (χ1n) is 3.48. The van der Waals surface area contributed by atoms with E-state index >= 15 is 0 Å². The third-order valence-electron chi connectivity index (χ3n) is 1.44. The number of rotatable bonds is 4. The molecule has 1 atom stereocenters. The minimum absolute atomic E-state index is 0.493. The fourth-order valence-corrected chi connectivity index (χ4v) is 1.25. The van der Waals surface area contributed by atoms with Gasteiger partial charge in [0.05, 0.1) is 4.61 Å². The van der Waals surface area contributed by atoms with Crippen molar-refractivity contribution in [1.82, 2.24) is 0 Å². The fraction of sp³-hybridized carbons (Fsp3) is 0.222. The number of alkyl halides is 1. The van der Waals surface area contributed by atoms with Gasteiger partial charge in [-0.25, -0.2) is 0 Å². The van der Waals surface area contributed by atoms with Crippen LogP contribution < -0.4 is 0 Å². The smallest absolute Gasteiger partial charge is 0.234 e. The van der Waals surface area contributed by atoms with Gasteiger partial charge in [0, 0.05) is 0 Å². The number of halogens is 1. The molecule has 0 aliphatic heterocycles. The molecule has 1 aromatic carbocycles. The van der Waals surface area contributed by atoms with Crippen molar-refractivity contribution in [3.8, 4) is 0 Å². The van der Waals surface area contributed by atoms with E-state index in [1.54, 1.807) is 0 Å². The third-order valence-corrected chi connectivity index (χ3v) is 1.80. The fourth-order valence-electron chi connectivity index (χ4n) is 0.889. The Balaban J connectivity index is 2.73. The first kappa shape index (κ1) is 9.67. The minimum atomic E-state index is -0.539. The van der Waals surface area contributed by atoms with E-state index in [4.69, 9.17) is 4.74 Å². The summed E-state index contributed by atoms with van der Waals surface area (Å²) in [4.78, 5) is 10.4. The van der Waals surface area contributed by atoms with Crippen LogP contribution in [0.25, 0.3) is 0 Å². The summed E-state index contributed by atoms with van der Waals surface area (Å²) in [5.74, 6) is 0. The molecule has 0 saturated heterocycles. The molecule has 0 fully saturated rings. The summed E-state index contributed by atoms with van der Waals surface area (Å²) in [5, 5.41) is 0. The maximum Gasteiger partial charge on any atom is 0.234 e. The van der Waals surface area contributed by atoms with Gasteiger partial charge in [-0.3, -0.25) is 4.79 Å². The molecule has 0 amide bonds. The van der Waals surface area contributed by atoms with Crippen molar-refractivity contribution in [3.63, 3.8) is 0 Å². The van der Waals surface area contributed by atoms with Crippen LogP contribution in [0.1, 0.15) is 11.7 Å². The second-order valence-electron chi connectivity index (χ2n) is 2.18. The van der Waals surface area contributed by atoms with Crippen molar-refractivity contribution in [2.45, 2.75) is 6.10 Å². The molecule has 0 spiro atoms. The molecule has 3 heteroatoms. The Labute approximate surface area is 85.1 Å². The lowest BCUT2D eigenvalue weighted by Crippen LogP contribution is -2.03. The summed E-state index contributed by atoms with van der Waals surface area (Å²) in [7, 11) is 0. The van der Waals surface area contributed by atoms with Crippen LogP contribution in [0.5, 0.6) is 0 Å². The minimum Gasteiger partial charge on any atom is -0.355 e. The first-order valence-corrected chi connectivity index (χ1v) is 5.01. The van der Waals surface area contributed by atoms with E-state index < -0.39 is 6.10 Å². The molecular formula is C9H8IO2. The van der Waals surface area contributed by atoms with Crippen LogP contribution in [-0.4, -0.2) is 10.9 Å². The average molecular weight is 275 g/mol. The average Bonchev–Trinajstić information content (AvgIpc) is 2.15. The van der Waals surface area contributed by atoms with Crippen molar-refractivity contribution < 1.29 is 9.53 Å². The molecule has 0 aromatic heterocycles. The standard InChI is InChI=1S/C9H8IO2/c10-7-12-9(6-11)8-4-2-1-3-5-8/h1-5,9H,7H2. The summed E-state index contributed by atoms with van der Waals surface area (Å²) in [5.41, 5.74) is 0.851. The van der Waals surface area contributed by atoms with Crippen LogP contribution in [0.15, 0.2) is 30.3 Å². The van der Waals surface area contributed by atoms with Gasteiger partial charge in [-0.1, -0.05) is 52.9 Å². The maximum atomic E-state index is 10.4. The van der Waals surface area contributed by atoms with Crippen molar-refractivity contribution in [2.24, 2.45) is 0 Å². The molecule has 1 aromatic rings. The lowest BCUT2D eigenvalue weighted by Gasteiger charge is -2.07. The van der Waals surface area contributed by atoms with Crippen LogP contribution >= 0.6 is 22.6 Å². The third kappa shape index (κ3) is 2.57. The highest BCUT2D eigenvalue weighted by molar-refractivity contribution is 14.1. The Morgan fingerprint density at radius 3 is 2.58 bits per heavy atom. The van der Waals surface area contributed by atoms with Crippen LogP contribution in [-0.2, 0) is 9.53 Å². The van der Waals surface area contributed by atoms with E-state index in [1.807, 2.05) is 36.6 Å². The second-order valence-corrected chi connectivity index (χ2v) is 2.81. The first-order chi connectivity index (χ1) is 5.88. The molecule has 1 rings (SSSR count). The lowest BCUT2D eigenvalue weighted by molar-refractivity contribution is 0.147.